The van der Waals surface area contributed by atoms with Crippen LogP contribution in [0.3, 0.4) is 0 Å². The number of thioether (sulfide) groups is 1. The first kappa shape index (κ1) is 14.1. The van der Waals surface area contributed by atoms with Crippen molar-refractivity contribution in [3.8, 4) is 0 Å². The fourth-order valence-electron chi connectivity index (χ4n) is 1.74. The molecule has 0 saturated heterocycles. The van der Waals surface area contributed by atoms with Crippen molar-refractivity contribution in [2.24, 2.45) is 7.05 Å². The molecule has 0 atom stereocenters. The largest absolute Gasteiger partial charge is 0.384 e. The molecular formula is C12H16ClN5S. The zero-order valence-corrected chi connectivity index (χ0v) is 12.7. The van der Waals surface area contributed by atoms with Crippen LogP contribution >= 0.6 is 23.4 Å². The summed E-state index contributed by atoms with van der Waals surface area (Å²) in [5.74, 6) is 1.16. The monoisotopic (exact) mass is 297 g/mol. The predicted molar refractivity (Wildman–Crippen MR) is 78.3 cm³/mol. The van der Waals surface area contributed by atoms with Gasteiger partial charge in [0.1, 0.15) is 5.82 Å². The van der Waals surface area contributed by atoms with Gasteiger partial charge >= 0.3 is 0 Å². The van der Waals surface area contributed by atoms with Gasteiger partial charge in [0.05, 0.1) is 16.4 Å². The Bertz CT molecular complexity index is 576. The summed E-state index contributed by atoms with van der Waals surface area (Å²) in [6, 6.07) is 1.75. The molecule has 0 aliphatic carbocycles. The van der Waals surface area contributed by atoms with Gasteiger partial charge in [-0.05, 0) is 13.3 Å². The Labute approximate surface area is 121 Å². The van der Waals surface area contributed by atoms with Gasteiger partial charge in [-0.3, -0.25) is 4.68 Å². The zero-order chi connectivity index (χ0) is 14.0. The SMILES string of the molecule is CCc1nn(C)c(CSc2nc(C)cc(N)n2)c1Cl. The first-order chi connectivity index (χ1) is 9.01. The van der Waals surface area contributed by atoms with Crippen LogP contribution in [0.5, 0.6) is 0 Å². The van der Waals surface area contributed by atoms with Crippen LogP contribution in [-0.2, 0) is 19.2 Å². The molecule has 0 radical (unpaired) electrons. The van der Waals surface area contributed by atoms with Crippen molar-refractivity contribution in [2.75, 3.05) is 5.73 Å². The Morgan fingerprint density at radius 1 is 1.42 bits per heavy atom. The number of nitrogen functional groups attached to an aromatic ring is 1. The molecule has 7 heteroatoms. The second-order valence-electron chi connectivity index (χ2n) is 4.19. The molecule has 2 aromatic heterocycles. The molecular weight excluding hydrogens is 282 g/mol. The molecule has 0 aliphatic rings. The van der Waals surface area contributed by atoms with E-state index in [-0.39, 0.29) is 0 Å². The number of nitrogens with two attached hydrogens (primary N) is 1. The summed E-state index contributed by atoms with van der Waals surface area (Å²) in [5, 5.41) is 5.78. The average Bonchev–Trinajstić information content (AvgIpc) is 2.61. The van der Waals surface area contributed by atoms with Crippen molar-refractivity contribution >= 4 is 29.2 Å². The minimum Gasteiger partial charge on any atom is -0.384 e. The summed E-state index contributed by atoms with van der Waals surface area (Å²) in [5.41, 5.74) is 8.47. The van der Waals surface area contributed by atoms with Gasteiger partial charge in [0, 0.05) is 24.6 Å². The molecule has 0 amide bonds. The van der Waals surface area contributed by atoms with Crippen LogP contribution in [0.2, 0.25) is 5.02 Å². The van der Waals surface area contributed by atoms with Crippen molar-refractivity contribution in [3.63, 3.8) is 0 Å². The molecule has 102 valence electrons. The summed E-state index contributed by atoms with van der Waals surface area (Å²) < 4.78 is 1.81. The number of anilines is 1. The second kappa shape index (κ2) is 5.79. The van der Waals surface area contributed by atoms with Crippen LogP contribution < -0.4 is 5.73 Å². The third kappa shape index (κ3) is 3.19. The van der Waals surface area contributed by atoms with Crippen molar-refractivity contribution in [1.29, 1.82) is 0 Å². The van der Waals surface area contributed by atoms with E-state index in [0.717, 1.165) is 28.5 Å². The lowest BCUT2D eigenvalue weighted by atomic mass is 10.3. The molecule has 0 bridgehead atoms. The third-order valence-electron chi connectivity index (χ3n) is 2.69. The van der Waals surface area contributed by atoms with E-state index in [9.17, 15) is 0 Å². The molecule has 2 N–H and O–H groups in total. The number of aryl methyl sites for hydroxylation is 3. The minimum absolute atomic E-state index is 0.486. The molecule has 19 heavy (non-hydrogen) atoms. The molecule has 2 aromatic rings. The first-order valence-corrected chi connectivity index (χ1v) is 7.31. The summed E-state index contributed by atoms with van der Waals surface area (Å²) in [4.78, 5) is 8.53. The van der Waals surface area contributed by atoms with Crippen LogP contribution in [0.15, 0.2) is 11.2 Å². The van der Waals surface area contributed by atoms with E-state index in [1.807, 2.05) is 25.6 Å². The van der Waals surface area contributed by atoms with E-state index in [0.29, 0.717) is 16.7 Å². The van der Waals surface area contributed by atoms with Crippen molar-refractivity contribution in [2.45, 2.75) is 31.2 Å². The lowest BCUT2D eigenvalue weighted by molar-refractivity contribution is 0.719. The molecule has 2 heterocycles. The van der Waals surface area contributed by atoms with Gasteiger partial charge < -0.3 is 5.73 Å². The Morgan fingerprint density at radius 2 is 2.16 bits per heavy atom. The van der Waals surface area contributed by atoms with Gasteiger partial charge in [-0.1, -0.05) is 30.3 Å². The molecule has 0 saturated carbocycles. The van der Waals surface area contributed by atoms with Gasteiger partial charge in [0.15, 0.2) is 5.16 Å². The quantitative estimate of drug-likeness (QED) is 0.694. The van der Waals surface area contributed by atoms with Gasteiger partial charge in [0.2, 0.25) is 0 Å². The van der Waals surface area contributed by atoms with E-state index in [1.165, 1.54) is 11.8 Å². The molecule has 0 fully saturated rings. The van der Waals surface area contributed by atoms with Crippen molar-refractivity contribution in [1.82, 2.24) is 19.7 Å². The van der Waals surface area contributed by atoms with Gasteiger partial charge in [0.25, 0.3) is 0 Å². The second-order valence-corrected chi connectivity index (χ2v) is 5.51. The normalized spacial score (nSPS) is 10.9. The molecule has 0 unspecified atom stereocenters. The molecule has 0 aliphatic heterocycles. The van der Waals surface area contributed by atoms with E-state index in [1.54, 1.807) is 6.07 Å². The minimum atomic E-state index is 0.486. The van der Waals surface area contributed by atoms with Crippen LogP contribution in [0.4, 0.5) is 5.82 Å². The number of hydrogen-bond acceptors (Lipinski definition) is 5. The smallest absolute Gasteiger partial charge is 0.190 e. The summed E-state index contributed by atoms with van der Waals surface area (Å²) >= 11 is 7.80. The summed E-state index contributed by atoms with van der Waals surface area (Å²) in [6.07, 6.45) is 0.825. The standard InChI is InChI=1S/C12H16ClN5S/c1-4-8-11(13)9(18(3)17-8)6-19-12-15-7(2)5-10(14)16-12/h5H,4,6H2,1-3H3,(H2,14,15,16). The Morgan fingerprint density at radius 3 is 2.74 bits per heavy atom. The summed E-state index contributed by atoms with van der Waals surface area (Å²) in [7, 11) is 1.90. The fraction of sp³-hybridized carbons (Fsp3) is 0.417. The Balaban J connectivity index is 2.16. The van der Waals surface area contributed by atoms with Crippen LogP contribution in [0, 0.1) is 6.92 Å². The fourth-order valence-corrected chi connectivity index (χ4v) is 3.15. The number of halogens is 1. The topological polar surface area (TPSA) is 69.6 Å². The molecule has 5 nitrogen and oxygen atoms in total. The number of aromatic nitrogens is 4. The molecule has 2 rings (SSSR count). The maximum absolute atomic E-state index is 6.30. The maximum Gasteiger partial charge on any atom is 0.190 e. The van der Waals surface area contributed by atoms with E-state index in [4.69, 9.17) is 17.3 Å². The van der Waals surface area contributed by atoms with Gasteiger partial charge in [-0.25, -0.2) is 9.97 Å². The lowest BCUT2D eigenvalue weighted by Gasteiger charge is -2.04. The van der Waals surface area contributed by atoms with Crippen LogP contribution in [-0.4, -0.2) is 19.7 Å². The van der Waals surface area contributed by atoms with Crippen LogP contribution in [0.25, 0.3) is 0 Å². The molecule has 0 spiro atoms. The molecule has 0 aromatic carbocycles. The average molecular weight is 298 g/mol. The lowest BCUT2D eigenvalue weighted by Crippen LogP contribution is -1.99. The summed E-state index contributed by atoms with van der Waals surface area (Å²) in [6.45, 7) is 3.93. The predicted octanol–water partition coefficient (Wildman–Crippen LogP) is 2.61. The number of hydrogen-bond donors (Lipinski definition) is 1. The highest BCUT2D eigenvalue weighted by Gasteiger charge is 2.13. The Hall–Kier alpha value is -1.27. The van der Waals surface area contributed by atoms with E-state index in [2.05, 4.69) is 15.1 Å². The highest BCUT2D eigenvalue weighted by molar-refractivity contribution is 7.98. The maximum atomic E-state index is 6.30. The number of rotatable bonds is 4. The van der Waals surface area contributed by atoms with Gasteiger partial charge in [-0.2, -0.15) is 5.10 Å². The first-order valence-electron chi connectivity index (χ1n) is 5.95. The van der Waals surface area contributed by atoms with E-state index < -0.39 is 0 Å². The number of nitrogens with zero attached hydrogens (tertiary/aromatic N) is 4. The van der Waals surface area contributed by atoms with Crippen LogP contribution in [0.1, 0.15) is 24.0 Å². The zero-order valence-electron chi connectivity index (χ0n) is 11.1. The van der Waals surface area contributed by atoms with Crippen molar-refractivity contribution in [3.05, 3.63) is 28.2 Å². The highest BCUT2D eigenvalue weighted by Crippen LogP contribution is 2.27. The van der Waals surface area contributed by atoms with Crippen molar-refractivity contribution < 1.29 is 0 Å². The van der Waals surface area contributed by atoms with E-state index >= 15 is 0 Å². The third-order valence-corrected chi connectivity index (χ3v) is 3.99. The Kier molecular flexibility index (Phi) is 4.31. The van der Waals surface area contributed by atoms with Gasteiger partial charge in [-0.15, -0.1) is 0 Å². The highest BCUT2D eigenvalue weighted by atomic mass is 35.5.